The van der Waals surface area contributed by atoms with Crippen LogP contribution in [0.4, 0.5) is 0 Å². The predicted octanol–water partition coefficient (Wildman–Crippen LogP) is 1.62. The van der Waals surface area contributed by atoms with E-state index in [-0.39, 0.29) is 13.2 Å². The third-order valence-corrected chi connectivity index (χ3v) is 3.70. The number of hydrogen-bond acceptors (Lipinski definition) is 6. The second-order valence-corrected chi connectivity index (χ2v) is 4.82. The molecule has 1 aliphatic heterocycles. The van der Waals surface area contributed by atoms with E-state index in [1.807, 2.05) is 0 Å². The molecular weight excluding hydrogens is 268 g/mol. The molecule has 20 heavy (non-hydrogen) atoms. The molecule has 0 unspecified atom stereocenters. The van der Waals surface area contributed by atoms with E-state index in [1.165, 1.54) is 6.92 Å². The molecule has 108 valence electrons. The first-order valence-electron chi connectivity index (χ1n) is 6.04. The van der Waals surface area contributed by atoms with Gasteiger partial charge in [0, 0.05) is 11.8 Å². The van der Waals surface area contributed by atoms with Crippen LogP contribution in [0, 0.1) is 26.1 Å². The Labute approximate surface area is 114 Å². The fourth-order valence-corrected chi connectivity index (χ4v) is 2.44. The second kappa shape index (κ2) is 5.41. The molecule has 0 aromatic heterocycles. The van der Waals surface area contributed by atoms with Crippen molar-refractivity contribution in [3.63, 3.8) is 0 Å². The molecule has 3 atom stereocenters. The summed E-state index contributed by atoms with van der Waals surface area (Å²) < 4.78 is 5.52. The lowest BCUT2D eigenvalue weighted by molar-refractivity contribution is -0.761. The molecule has 2 rings (SSSR count). The molecule has 1 fully saturated rings. The number of nitro groups is 1. The summed E-state index contributed by atoms with van der Waals surface area (Å²) in [6.45, 7) is 1.13. The first kappa shape index (κ1) is 14.2. The van der Waals surface area contributed by atoms with Crippen molar-refractivity contribution in [3.05, 3.63) is 56.1 Å². The van der Waals surface area contributed by atoms with Crippen molar-refractivity contribution >= 4 is 0 Å². The molecule has 1 heterocycles. The highest BCUT2D eigenvalue weighted by Gasteiger charge is 2.59. The third-order valence-electron chi connectivity index (χ3n) is 3.70. The van der Waals surface area contributed by atoms with Gasteiger partial charge in [-0.2, -0.15) is 0 Å². The molecule has 0 saturated carbocycles. The van der Waals surface area contributed by atoms with E-state index >= 15 is 0 Å². The van der Waals surface area contributed by atoms with Gasteiger partial charge in [-0.3, -0.25) is 10.1 Å². The van der Waals surface area contributed by atoms with Crippen molar-refractivity contribution in [2.45, 2.75) is 18.6 Å². The van der Waals surface area contributed by atoms with Gasteiger partial charge in [-0.25, -0.2) is 0 Å². The van der Waals surface area contributed by atoms with E-state index in [2.05, 4.69) is 4.84 Å². The van der Waals surface area contributed by atoms with Gasteiger partial charge in [0.25, 0.3) is 10.6 Å². The Morgan fingerprint density at radius 1 is 1.35 bits per heavy atom. The van der Waals surface area contributed by atoms with Gasteiger partial charge in [-0.1, -0.05) is 30.3 Å². The van der Waals surface area contributed by atoms with Crippen molar-refractivity contribution < 1.29 is 19.6 Å². The zero-order chi connectivity index (χ0) is 14.8. The number of hydrogen-bond donors (Lipinski definition) is 0. The molecular formula is C12H14N2O6. The normalized spacial score (nSPS) is 29.1. The van der Waals surface area contributed by atoms with E-state index in [0.717, 1.165) is 0 Å². The maximum Gasteiger partial charge on any atom is 0.294 e. The number of nitrogens with zero attached hydrogens (tertiary/aromatic N) is 2. The molecule has 0 bridgehead atoms. The topological polar surface area (TPSA) is 105 Å². The average molecular weight is 282 g/mol. The lowest BCUT2D eigenvalue weighted by Gasteiger charge is -2.26. The molecule has 8 heteroatoms. The van der Waals surface area contributed by atoms with Gasteiger partial charge in [0.1, 0.15) is 6.61 Å². The predicted molar refractivity (Wildman–Crippen MR) is 67.0 cm³/mol. The molecule has 1 saturated heterocycles. The maximum absolute atomic E-state index is 11.5. The largest absolute Gasteiger partial charge is 0.365 e. The van der Waals surface area contributed by atoms with Crippen LogP contribution >= 0.6 is 0 Å². The van der Waals surface area contributed by atoms with Gasteiger partial charge in [-0.05, 0) is 5.56 Å². The summed E-state index contributed by atoms with van der Waals surface area (Å²) in [7, 11) is 0. The van der Waals surface area contributed by atoms with Gasteiger partial charge in [0.2, 0.25) is 0 Å². The van der Waals surface area contributed by atoms with Crippen molar-refractivity contribution in [2.75, 3.05) is 13.2 Å². The first-order chi connectivity index (χ1) is 9.46. The van der Waals surface area contributed by atoms with Gasteiger partial charge in [-0.15, -0.1) is 10.1 Å². The van der Waals surface area contributed by atoms with Gasteiger partial charge >= 0.3 is 0 Å². The number of rotatable bonds is 5. The summed E-state index contributed by atoms with van der Waals surface area (Å²) in [4.78, 5) is 25.6. The Morgan fingerprint density at radius 2 is 2.00 bits per heavy atom. The molecule has 1 aromatic rings. The van der Waals surface area contributed by atoms with E-state index in [4.69, 9.17) is 4.74 Å². The molecule has 1 aliphatic rings. The summed E-state index contributed by atoms with van der Waals surface area (Å²) in [5.74, 6) is -0.687. The molecule has 0 aliphatic carbocycles. The molecule has 0 amide bonds. The maximum atomic E-state index is 11.5. The Balaban J connectivity index is 2.27. The van der Waals surface area contributed by atoms with Gasteiger partial charge < -0.3 is 9.57 Å². The average Bonchev–Trinajstić information content (AvgIpc) is 2.76. The van der Waals surface area contributed by atoms with Crippen LogP contribution in [0.3, 0.4) is 0 Å². The second-order valence-electron chi connectivity index (χ2n) is 4.82. The SMILES string of the molecule is C[C@]1([N+](=O)[O-])[C@@H](CO[N+](=O)[O-])CO[C@@H]1c1ccccc1. The molecule has 0 spiro atoms. The number of ether oxygens (including phenoxy) is 1. The summed E-state index contributed by atoms with van der Waals surface area (Å²) in [5.41, 5.74) is -0.785. The van der Waals surface area contributed by atoms with E-state index in [1.54, 1.807) is 30.3 Å². The van der Waals surface area contributed by atoms with Crippen molar-refractivity contribution in [2.24, 2.45) is 5.92 Å². The number of benzene rings is 1. The van der Waals surface area contributed by atoms with Crippen LogP contribution < -0.4 is 0 Å². The highest BCUT2D eigenvalue weighted by atomic mass is 16.9. The Kier molecular flexibility index (Phi) is 3.84. The summed E-state index contributed by atoms with van der Waals surface area (Å²) in [6.07, 6.45) is -0.751. The minimum absolute atomic E-state index is 0.0465. The fourth-order valence-electron chi connectivity index (χ4n) is 2.44. The quantitative estimate of drug-likeness (QED) is 0.600. The highest BCUT2D eigenvalue weighted by Crippen LogP contribution is 2.43. The zero-order valence-electron chi connectivity index (χ0n) is 10.8. The Bertz CT molecular complexity index is 508. The van der Waals surface area contributed by atoms with E-state index < -0.39 is 27.6 Å². The highest BCUT2D eigenvalue weighted by molar-refractivity contribution is 5.22. The molecule has 0 radical (unpaired) electrons. The minimum atomic E-state index is -1.46. The van der Waals surface area contributed by atoms with Gasteiger partial charge in [0.15, 0.2) is 6.10 Å². The lowest BCUT2D eigenvalue weighted by Crippen LogP contribution is -2.46. The standard InChI is InChI=1S/C12H14N2O6/c1-12(13(15)16)10(8-20-14(17)18)7-19-11(12)9-5-3-2-4-6-9/h2-6,10-11H,7-8H2,1H3/t10-,11-,12+/m1/s1. The van der Waals surface area contributed by atoms with E-state index in [9.17, 15) is 20.2 Å². The van der Waals surface area contributed by atoms with Crippen molar-refractivity contribution in [1.29, 1.82) is 0 Å². The lowest BCUT2D eigenvalue weighted by atomic mass is 9.82. The smallest absolute Gasteiger partial charge is 0.294 e. The van der Waals surface area contributed by atoms with Gasteiger partial charge in [0.05, 0.1) is 12.5 Å². The van der Waals surface area contributed by atoms with Crippen molar-refractivity contribution in [1.82, 2.24) is 0 Å². The van der Waals surface area contributed by atoms with Crippen LogP contribution in [0.5, 0.6) is 0 Å². The fraction of sp³-hybridized carbons (Fsp3) is 0.500. The van der Waals surface area contributed by atoms with Crippen LogP contribution in [0.25, 0.3) is 0 Å². The van der Waals surface area contributed by atoms with Crippen LogP contribution in [-0.4, -0.2) is 28.8 Å². The van der Waals surface area contributed by atoms with Crippen LogP contribution in [0.15, 0.2) is 30.3 Å². The van der Waals surface area contributed by atoms with Crippen LogP contribution in [0.1, 0.15) is 18.6 Å². The van der Waals surface area contributed by atoms with Crippen LogP contribution in [-0.2, 0) is 9.57 Å². The summed E-state index contributed by atoms with van der Waals surface area (Å²) >= 11 is 0. The first-order valence-corrected chi connectivity index (χ1v) is 6.04. The van der Waals surface area contributed by atoms with E-state index in [0.29, 0.717) is 5.56 Å². The monoisotopic (exact) mass is 282 g/mol. The zero-order valence-corrected chi connectivity index (χ0v) is 10.8. The Hall–Kier alpha value is -2.22. The summed E-state index contributed by atoms with van der Waals surface area (Å²) in [6, 6.07) is 8.81. The summed E-state index contributed by atoms with van der Waals surface area (Å²) in [5, 5.41) is 20.8. The van der Waals surface area contributed by atoms with Crippen LogP contribution in [0.2, 0.25) is 0 Å². The van der Waals surface area contributed by atoms with Crippen molar-refractivity contribution in [3.8, 4) is 0 Å². The Morgan fingerprint density at radius 3 is 2.55 bits per heavy atom. The molecule has 0 N–H and O–H groups in total. The minimum Gasteiger partial charge on any atom is -0.365 e. The third kappa shape index (κ3) is 2.42. The molecule has 8 nitrogen and oxygen atoms in total. The molecule has 1 aromatic carbocycles.